The number of hydrogen-bond donors (Lipinski definition) is 1. The van der Waals surface area contributed by atoms with Crippen molar-refractivity contribution >= 4 is 0 Å². The molecule has 0 aromatic heterocycles. The molecular weight excluding hydrogens is 258 g/mol. The normalized spacial score (nSPS) is 17.0. The van der Waals surface area contributed by atoms with E-state index in [-0.39, 0.29) is 0 Å². The predicted molar refractivity (Wildman–Crippen MR) is 82.7 cm³/mol. The van der Waals surface area contributed by atoms with E-state index in [1.165, 1.54) is 16.7 Å². The minimum absolute atomic E-state index is 0.588. The first-order valence-electron chi connectivity index (χ1n) is 7.43. The van der Waals surface area contributed by atoms with Crippen molar-refractivity contribution in [2.24, 2.45) is 5.41 Å². The molecule has 21 heavy (non-hydrogen) atoms. The van der Waals surface area contributed by atoms with Crippen LogP contribution in [0.4, 0.5) is 0 Å². The molecule has 2 nitrogen and oxygen atoms in total. The highest BCUT2D eigenvalue weighted by atomic mass is 16.3. The van der Waals surface area contributed by atoms with E-state index in [0.717, 1.165) is 6.42 Å². The molecule has 1 unspecified atom stereocenters. The van der Waals surface area contributed by atoms with Gasteiger partial charge in [-0.3, -0.25) is 0 Å². The Morgan fingerprint density at radius 3 is 2.14 bits per heavy atom. The number of rotatable bonds is 4. The standard InChI is InChI=1S/C19H19NO/c20-14-19(12-16-8-4-5-9-17(16)13-19)18(21)11-10-15-6-2-1-3-7-15/h1-9,18,21H,10-13H2. The Kier molecular flexibility index (Phi) is 3.77. The molecule has 0 spiro atoms. The molecule has 2 aromatic carbocycles. The van der Waals surface area contributed by atoms with E-state index < -0.39 is 11.5 Å². The van der Waals surface area contributed by atoms with Gasteiger partial charge in [-0.25, -0.2) is 0 Å². The Morgan fingerprint density at radius 1 is 1.00 bits per heavy atom. The second-order valence-corrected chi connectivity index (χ2v) is 5.93. The topological polar surface area (TPSA) is 44.0 Å². The lowest BCUT2D eigenvalue weighted by Crippen LogP contribution is -2.35. The molecule has 2 aromatic rings. The van der Waals surface area contributed by atoms with Crippen LogP contribution in [0, 0.1) is 16.7 Å². The predicted octanol–water partition coefficient (Wildman–Crippen LogP) is 3.29. The zero-order valence-electron chi connectivity index (χ0n) is 12.0. The largest absolute Gasteiger partial charge is 0.391 e. The lowest BCUT2D eigenvalue weighted by Gasteiger charge is -2.27. The van der Waals surface area contributed by atoms with Gasteiger partial charge >= 0.3 is 0 Å². The summed E-state index contributed by atoms with van der Waals surface area (Å²) in [7, 11) is 0. The summed E-state index contributed by atoms with van der Waals surface area (Å²) in [5.74, 6) is 0. The van der Waals surface area contributed by atoms with E-state index in [1.54, 1.807) is 0 Å². The number of nitrogens with zero attached hydrogens (tertiary/aromatic N) is 1. The van der Waals surface area contributed by atoms with Gasteiger partial charge in [0, 0.05) is 0 Å². The average Bonchev–Trinajstić information content (AvgIpc) is 2.93. The number of aliphatic hydroxyl groups is 1. The zero-order valence-corrected chi connectivity index (χ0v) is 12.0. The Morgan fingerprint density at radius 2 is 1.57 bits per heavy atom. The van der Waals surface area contributed by atoms with Crippen LogP contribution < -0.4 is 0 Å². The minimum Gasteiger partial charge on any atom is -0.391 e. The number of nitriles is 1. The summed E-state index contributed by atoms with van der Waals surface area (Å²) in [6.07, 6.45) is 2.17. The summed E-state index contributed by atoms with van der Waals surface area (Å²) in [6.45, 7) is 0. The molecule has 1 aliphatic carbocycles. The summed E-state index contributed by atoms with van der Waals surface area (Å²) in [4.78, 5) is 0. The third-order valence-electron chi connectivity index (χ3n) is 4.54. The smallest absolute Gasteiger partial charge is 0.0912 e. The molecule has 0 aliphatic heterocycles. The van der Waals surface area contributed by atoms with Gasteiger partial charge in [0.15, 0.2) is 0 Å². The highest BCUT2D eigenvalue weighted by molar-refractivity contribution is 5.38. The van der Waals surface area contributed by atoms with Crippen molar-refractivity contribution in [3.8, 4) is 6.07 Å². The van der Waals surface area contributed by atoms with E-state index in [9.17, 15) is 10.4 Å². The van der Waals surface area contributed by atoms with Gasteiger partial charge < -0.3 is 5.11 Å². The van der Waals surface area contributed by atoms with Gasteiger partial charge in [0.2, 0.25) is 0 Å². The van der Waals surface area contributed by atoms with Crippen LogP contribution in [0.25, 0.3) is 0 Å². The van der Waals surface area contributed by atoms with Crippen molar-refractivity contribution in [1.82, 2.24) is 0 Å². The van der Waals surface area contributed by atoms with Crippen LogP contribution in [0.5, 0.6) is 0 Å². The van der Waals surface area contributed by atoms with Gasteiger partial charge in [0.1, 0.15) is 0 Å². The van der Waals surface area contributed by atoms with E-state index in [0.29, 0.717) is 19.3 Å². The SMILES string of the molecule is N#CC1(C(O)CCc2ccccc2)Cc2ccccc2C1. The fourth-order valence-electron chi connectivity index (χ4n) is 3.26. The van der Waals surface area contributed by atoms with Crippen molar-refractivity contribution in [2.75, 3.05) is 0 Å². The van der Waals surface area contributed by atoms with Crippen LogP contribution in [0.15, 0.2) is 54.6 Å². The fourth-order valence-corrected chi connectivity index (χ4v) is 3.26. The molecule has 106 valence electrons. The van der Waals surface area contributed by atoms with Gasteiger partial charge in [0.25, 0.3) is 0 Å². The number of aliphatic hydroxyl groups excluding tert-OH is 1. The van der Waals surface area contributed by atoms with E-state index >= 15 is 0 Å². The van der Waals surface area contributed by atoms with Crippen molar-refractivity contribution in [3.05, 3.63) is 71.3 Å². The van der Waals surface area contributed by atoms with Crippen molar-refractivity contribution in [3.63, 3.8) is 0 Å². The average molecular weight is 277 g/mol. The van der Waals surface area contributed by atoms with Crippen LogP contribution in [0.3, 0.4) is 0 Å². The van der Waals surface area contributed by atoms with Gasteiger partial charge in [-0.15, -0.1) is 0 Å². The molecule has 0 radical (unpaired) electrons. The molecule has 3 rings (SSSR count). The van der Waals surface area contributed by atoms with Gasteiger partial charge in [-0.2, -0.15) is 5.26 Å². The quantitative estimate of drug-likeness (QED) is 0.932. The van der Waals surface area contributed by atoms with Gasteiger partial charge in [0.05, 0.1) is 17.6 Å². The summed E-state index contributed by atoms with van der Waals surface area (Å²) in [5.41, 5.74) is 2.97. The van der Waals surface area contributed by atoms with E-state index in [2.05, 4.69) is 30.3 Å². The first kappa shape index (κ1) is 13.9. The molecule has 1 atom stereocenters. The van der Waals surface area contributed by atoms with E-state index in [4.69, 9.17) is 0 Å². The number of hydrogen-bond acceptors (Lipinski definition) is 2. The second kappa shape index (κ2) is 5.71. The fraction of sp³-hybridized carbons (Fsp3) is 0.316. The third kappa shape index (κ3) is 2.70. The molecular formula is C19H19NO. The Bertz CT molecular complexity index is 632. The van der Waals surface area contributed by atoms with Crippen molar-refractivity contribution in [1.29, 1.82) is 5.26 Å². The first-order valence-corrected chi connectivity index (χ1v) is 7.43. The van der Waals surface area contributed by atoms with Crippen LogP contribution in [-0.4, -0.2) is 11.2 Å². The minimum atomic E-state index is -0.654. The molecule has 0 amide bonds. The molecule has 2 heteroatoms. The summed E-state index contributed by atoms with van der Waals surface area (Å²) < 4.78 is 0. The maximum Gasteiger partial charge on any atom is 0.0912 e. The summed E-state index contributed by atoms with van der Waals surface area (Å²) in [5, 5.41) is 20.3. The Hall–Kier alpha value is -2.11. The zero-order chi connectivity index (χ0) is 14.7. The molecule has 0 bridgehead atoms. The van der Waals surface area contributed by atoms with Crippen LogP contribution in [0.1, 0.15) is 23.1 Å². The lowest BCUT2D eigenvalue weighted by atomic mass is 9.78. The molecule has 1 aliphatic rings. The Balaban J connectivity index is 1.72. The first-order chi connectivity index (χ1) is 10.2. The molecule has 0 fully saturated rings. The number of fused-ring (bicyclic) bond motifs is 1. The molecule has 0 saturated carbocycles. The Labute approximate surface area is 125 Å². The van der Waals surface area contributed by atoms with E-state index in [1.807, 2.05) is 30.3 Å². The van der Waals surface area contributed by atoms with Crippen LogP contribution in [0.2, 0.25) is 0 Å². The molecule has 0 saturated heterocycles. The highest BCUT2D eigenvalue weighted by Gasteiger charge is 2.43. The van der Waals surface area contributed by atoms with Crippen LogP contribution in [-0.2, 0) is 19.3 Å². The highest BCUT2D eigenvalue weighted by Crippen LogP contribution is 2.40. The maximum atomic E-state index is 10.6. The van der Waals surface area contributed by atoms with Crippen molar-refractivity contribution in [2.45, 2.75) is 31.8 Å². The number of aryl methyl sites for hydroxylation is 1. The maximum absolute atomic E-state index is 10.6. The van der Waals surface area contributed by atoms with Crippen LogP contribution >= 0.6 is 0 Å². The third-order valence-corrected chi connectivity index (χ3v) is 4.54. The lowest BCUT2D eigenvalue weighted by molar-refractivity contribution is 0.0624. The van der Waals surface area contributed by atoms with Crippen molar-refractivity contribution < 1.29 is 5.11 Å². The monoisotopic (exact) mass is 277 g/mol. The summed E-state index contributed by atoms with van der Waals surface area (Å²) >= 11 is 0. The van der Waals surface area contributed by atoms with Gasteiger partial charge in [-0.05, 0) is 42.4 Å². The number of benzene rings is 2. The second-order valence-electron chi connectivity index (χ2n) is 5.93. The molecule has 1 N–H and O–H groups in total. The summed E-state index contributed by atoms with van der Waals surface area (Å²) in [6, 6.07) is 20.7. The van der Waals surface area contributed by atoms with Gasteiger partial charge in [-0.1, -0.05) is 54.6 Å². The molecule has 0 heterocycles.